The summed E-state index contributed by atoms with van der Waals surface area (Å²) in [6, 6.07) is 3.91. The van der Waals surface area contributed by atoms with Crippen LogP contribution in [0.4, 0.5) is 16.4 Å². The number of hydrogen-bond acceptors (Lipinski definition) is 6. The normalized spacial score (nSPS) is 15.8. The lowest BCUT2D eigenvalue weighted by Crippen LogP contribution is -2.49. The highest BCUT2D eigenvalue weighted by Crippen LogP contribution is 2.22. The van der Waals surface area contributed by atoms with Gasteiger partial charge in [-0.2, -0.15) is 0 Å². The van der Waals surface area contributed by atoms with E-state index in [4.69, 9.17) is 4.74 Å². The lowest BCUT2D eigenvalue weighted by atomic mass is 10.1. The monoisotopic (exact) mass is 467 g/mol. The molecule has 2 amide bonds. The molecule has 0 aromatic carbocycles. The number of nitrogens with zero attached hydrogens (tertiary/aromatic N) is 5. The van der Waals surface area contributed by atoms with Crippen molar-refractivity contribution in [3.05, 3.63) is 46.8 Å². The third-order valence-corrected chi connectivity index (χ3v) is 5.42. The number of rotatable bonds is 3. The summed E-state index contributed by atoms with van der Waals surface area (Å²) in [7, 11) is 0. The van der Waals surface area contributed by atoms with Gasteiger partial charge in [0.25, 0.3) is 5.91 Å². The van der Waals surface area contributed by atoms with E-state index < -0.39 is 6.09 Å². The van der Waals surface area contributed by atoms with Crippen LogP contribution < -0.4 is 9.80 Å². The zero-order valence-corrected chi connectivity index (χ0v) is 19.5. The highest BCUT2D eigenvalue weighted by molar-refractivity contribution is 5.96. The fraction of sp³-hybridized carbons (Fsp3) is 0.429. The van der Waals surface area contributed by atoms with Gasteiger partial charge in [0.1, 0.15) is 18.2 Å². The first-order chi connectivity index (χ1) is 13.9. The van der Waals surface area contributed by atoms with Crippen molar-refractivity contribution in [2.75, 3.05) is 49.1 Å². The molecule has 2 aliphatic heterocycles. The van der Waals surface area contributed by atoms with Gasteiger partial charge < -0.3 is 14.5 Å². The number of cyclic esters (lactones) is 1. The second-order valence-corrected chi connectivity index (χ2v) is 7.56. The molecule has 0 unspecified atom stereocenters. The van der Waals surface area contributed by atoms with Crippen molar-refractivity contribution in [3.8, 4) is 0 Å². The molecule has 8 nitrogen and oxygen atoms in total. The van der Waals surface area contributed by atoms with Gasteiger partial charge in [-0.05, 0) is 43.5 Å². The largest absolute Gasteiger partial charge is 0.447 e. The maximum Gasteiger partial charge on any atom is 0.415 e. The van der Waals surface area contributed by atoms with Gasteiger partial charge in [-0.15, -0.1) is 24.8 Å². The van der Waals surface area contributed by atoms with Crippen molar-refractivity contribution >= 4 is 48.5 Å². The standard InChI is InChI=1S/C21H25N5O3.2ClH/c1-14-10-16(3)19(23-12-14)24-4-6-25(7-5-24)20(27)17-13-22-18(11-15(17)2)26-8-9-29-21(26)28;;/h10-13H,4-9H2,1-3H3;2*1H. The van der Waals surface area contributed by atoms with Crippen LogP contribution in [0.5, 0.6) is 0 Å². The van der Waals surface area contributed by atoms with E-state index in [0.29, 0.717) is 37.6 Å². The number of piperazine rings is 1. The Morgan fingerprint density at radius 2 is 1.65 bits per heavy atom. The summed E-state index contributed by atoms with van der Waals surface area (Å²) in [5, 5.41) is 0. The summed E-state index contributed by atoms with van der Waals surface area (Å²) >= 11 is 0. The quantitative estimate of drug-likeness (QED) is 0.689. The molecular formula is C21H27Cl2N5O3. The number of halogens is 2. The van der Waals surface area contributed by atoms with Gasteiger partial charge in [0.15, 0.2) is 0 Å². The number of aromatic nitrogens is 2. The smallest absolute Gasteiger partial charge is 0.415 e. The van der Waals surface area contributed by atoms with Gasteiger partial charge in [0.2, 0.25) is 0 Å². The lowest BCUT2D eigenvalue weighted by Gasteiger charge is -2.36. The molecule has 2 aromatic rings. The number of anilines is 2. The zero-order valence-electron chi connectivity index (χ0n) is 17.8. The van der Waals surface area contributed by atoms with E-state index in [1.54, 1.807) is 12.3 Å². The Balaban J connectivity index is 0.00000171. The van der Waals surface area contributed by atoms with Gasteiger partial charge >= 0.3 is 6.09 Å². The highest BCUT2D eigenvalue weighted by atomic mass is 35.5. The molecule has 0 N–H and O–H groups in total. The zero-order chi connectivity index (χ0) is 20.5. The summed E-state index contributed by atoms with van der Waals surface area (Å²) in [4.78, 5) is 39.2. The molecule has 0 bridgehead atoms. The van der Waals surface area contributed by atoms with Gasteiger partial charge in [-0.25, -0.2) is 14.8 Å². The van der Waals surface area contributed by atoms with Crippen LogP contribution in [0.15, 0.2) is 24.5 Å². The van der Waals surface area contributed by atoms with Crippen LogP contribution in [0, 0.1) is 20.8 Å². The molecule has 0 spiro atoms. The summed E-state index contributed by atoms with van der Waals surface area (Å²) in [6.07, 6.45) is 3.05. The second kappa shape index (κ2) is 10.2. The first kappa shape index (κ1) is 24.7. The molecule has 2 saturated heterocycles. The molecule has 0 atom stereocenters. The maximum absolute atomic E-state index is 13.0. The molecule has 2 aliphatic rings. The van der Waals surface area contributed by atoms with Crippen molar-refractivity contribution in [2.45, 2.75) is 20.8 Å². The van der Waals surface area contributed by atoms with Gasteiger partial charge in [-0.1, -0.05) is 6.07 Å². The van der Waals surface area contributed by atoms with Crippen LogP contribution in [0.25, 0.3) is 0 Å². The minimum atomic E-state index is -0.396. The van der Waals surface area contributed by atoms with Crippen molar-refractivity contribution in [2.24, 2.45) is 0 Å². The summed E-state index contributed by atoms with van der Waals surface area (Å²) in [5.41, 5.74) is 3.67. The predicted octanol–water partition coefficient (Wildman–Crippen LogP) is 3.16. The van der Waals surface area contributed by atoms with Crippen molar-refractivity contribution in [1.29, 1.82) is 0 Å². The Labute approximate surface area is 194 Å². The molecule has 0 saturated carbocycles. The SMILES string of the molecule is Cc1cnc(N2CCN(C(=O)c3cnc(N4CCOC4=O)cc3C)CC2)c(C)c1.Cl.Cl. The number of ether oxygens (including phenoxy) is 1. The van der Waals surface area contributed by atoms with E-state index >= 15 is 0 Å². The van der Waals surface area contributed by atoms with Crippen molar-refractivity contribution in [3.63, 3.8) is 0 Å². The van der Waals surface area contributed by atoms with Crippen LogP contribution in [0.1, 0.15) is 27.0 Å². The van der Waals surface area contributed by atoms with Crippen LogP contribution in [0.3, 0.4) is 0 Å². The minimum Gasteiger partial charge on any atom is -0.447 e. The van der Waals surface area contributed by atoms with Crippen molar-refractivity contribution < 1.29 is 14.3 Å². The first-order valence-electron chi connectivity index (χ1n) is 9.82. The third-order valence-electron chi connectivity index (χ3n) is 5.42. The molecule has 10 heteroatoms. The topological polar surface area (TPSA) is 78.9 Å². The molecule has 4 heterocycles. The second-order valence-electron chi connectivity index (χ2n) is 7.56. The van der Waals surface area contributed by atoms with E-state index in [2.05, 4.69) is 27.9 Å². The Morgan fingerprint density at radius 1 is 0.935 bits per heavy atom. The van der Waals surface area contributed by atoms with Gasteiger partial charge in [0, 0.05) is 38.6 Å². The molecule has 31 heavy (non-hydrogen) atoms. The minimum absolute atomic E-state index is 0. The average molecular weight is 468 g/mol. The molecule has 168 valence electrons. The number of carbonyl (C=O) groups excluding carboxylic acids is 2. The Hall–Kier alpha value is -2.58. The van der Waals surface area contributed by atoms with E-state index in [9.17, 15) is 9.59 Å². The first-order valence-corrected chi connectivity index (χ1v) is 9.82. The summed E-state index contributed by atoms with van der Waals surface area (Å²) in [5.74, 6) is 1.48. The van der Waals surface area contributed by atoms with E-state index in [0.717, 1.165) is 35.6 Å². The Morgan fingerprint density at radius 3 is 2.23 bits per heavy atom. The maximum atomic E-state index is 13.0. The third kappa shape index (κ3) is 5.02. The van der Waals surface area contributed by atoms with Crippen LogP contribution in [-0.2, 0) is 4.74 Å². The number of carbonyl (C=O) groups is 2. The number of hydrogen-bond donors (Lipinski definition) is 0. The molecule has 2 aromatic heterocycles. The van der Waals surface area contributed by atoms with E-state index in [1.165, 1.54) is 4.90 Å². The lowest BCUT2D eigenvalue weighted by molar-refractivity contribution is 0.0745. The van der Waals surface area contributed by atoms with Gasteiger partial charge in [-0.3, -0.25) is 9.69 Å². The van der Waals surface area contributed by atoms with E-state index in [1.807, 2.05) is 24.9 Å². The van der Waals surface area contributed by atoms with Gasteiger partial charge in [0.05, 0.1) is 12.1 Å². The highest BCUT2D eigenvalue weighted by Gasteiger charge is 2.27. The molecule has 0 aliphatic carbocycles. The molecule has 4 rings (SSSR count). The Bertz CT molecular complexity index is 964. The number of pyridine rings is 2. The number of amides is 2. The molecular weight excluding hydrogens is 441 g/mol. The van der Waals surface area contributed by atoms with Crippen LogP contribution >= 0.6 is 24.8 Å². The number of aryl methyl sites for hydroxylation is 3. The fourth-order valence-electron chi connectivity index (χ4n) is 3.85. The Kier molecular flexibility index (Phi) is 8.08. The predicted molar refractivity (Wildman–Crippen MR) is 124 cm³/mol. The summed E-state index contributed by atoms with van der Waals surface area (Å²) in [6.45, 7) is 9.57. The molecule has 0 radical (unpaired) electrons. The fourth-order valence-corrected chi connectivity index (χ4v) is 3.85. The van der Waals surface area contributed by atoms with E-state index in [-0.39, 0.29) is 30.7 Å². The van der Waals surface area contributed by atoms with Crippen LogP contribution in [0.2, 0.25) is 0 Å². The summed E-state index contributed by atoms with van der Waals surface area (Å²) < 4.78 is 4.96. The van der Waals surface area contributed by atoms with Crippen molar-refractivity contribution in [1.82, 2.24) is 14.9 Å². The molecule has 2 fully saturated rings. The van der Waals surface area contributed by atoms with Crippen LogP contribution in [-0.4, -0.2) is 66.2 Å². The average Bonchev–Trinajstić information content (AvgIpc) is 3.13.